The van der Waals surface area contributed by atoms with Crippen LogP contribution >= 0.6 is 15.9 Å². The lowest BCUT2D eigenvalue weighted by molar-refractivity contribution is -0.137. The molecule has 0 unspecified atom stereocenters. The van der Waals surface area contributed by atoms with Crippen LogP contribution in [0.4, 0.5) is 9.18 Å². The van der Waals surface area contributed by atoms with E-state index in [0.29, 0.717) is 42.4 Å². The normalized spacial score (nSPS) is 10.2. The number of aryl methyl sites for hydroxylation is 1. The molecule has 0 aliphatic carbocycles. The van der Waals surface area contributed by atoms with Gasteiger partial charge in [0.1, 0.15) is 5.82 Å². The average molecular weight is 361 g/mol. The lowest BCUT2D eigenvalue weighted by atomic mass is 10.1. The third-order valence-corrected chi connectivity index (χ3v) is 3.27. The van der Waals surface area contributed by atoms with Crippen molar-refractivity contribution in [2.24, 2.45) is 0 Å². The number of nitrogens with one attached hydrogen (secondary N) is 2. The number of carboxylic acid groups (broad SMARTS) is 1. The smallest absolute Gasteiger partial charge is 0.314 e. The van der Waals surface area contributed by atoms with Crippen LogP contribution in [0.15, 0.2) is 22.7 Å². The van der Waals surface area contributed by atoms with E-state index in [1.165, 1.54) is 6.07 Å². The highest BCUT2D eigenvalue weighted by Crippen LogP contribution is 2.16. The number of halogens is 2. The first kappa shape index (κ1) is 17.4. The molecule has 116 valence electrons. The predicted octanol–water partition coefficient (Wildman–Crippen LogP) is 2.68. The van der Waals surface area contributed by atoms with Crippen LogP contribution in [-0.2, 0) is 11.2 Å². The van der Waals surface area contributed by atoms with Crippen molar-refractivity contribution in [2.45, 2.75) is 25.7 Å². The first-order chi connectivity index (χ1) is 9.99. The molecule has 0 saturated heterocycles. The molecule has 0 saturated carbocycles. The maximum atomic E-state index is 13.5. The van der Waals surface area contributed by atoms with Gasteiger partial charge in [0.15, 0.2) is 0 Å². The topological polar surface area (TPSA) is 78.4 Å². The molecular formula is C14H18BrFN2O3. The molecule has 0 aromatic heterocycles. The quantitative estimate of drug-likeness (QED) is 0.623. The van der Waals surface area contributed by atoms with Crippen LogP contribution < -0.4 is 10.6 Å². The van der Waals surface area contributed by atoms with Crippen molar-refractivity contribution in [3.63, 3.8) is 0 Å². The van der Waals surface area contributed by atoms with Crippen LogP contribution in [0.1, 0.15) is 24.8 Å². The number of carbonyl (C=O) groups is 2. The zero-order valence-electron chi connectivity index (χ0n) is 11.5. The Kier molecular flexibility index (Phi) is 7.74. The van der Waals surface area contributed by atoms with Crippen LogP contribution in [-0.4, -0.2) is 30.2 Å². The summed E-state index contributed by atoms with van der Waals surface area (Å²) in [5.41, 5.74) is 0.613. The van der Waals surface area contributed by atoms with Gasteiger partial charge in [0, 0.05) is 24.0 Å². The van der Waals surface area contributed by atoms with E-state index in [9.17, 15) is 14.0 Å². The molecule has 1 aromatic carbocycles. The van der Waals surface area contributed by atoms with Gasteiger partial charge < -0.3 is 15.7 Å². The second-order valence-electron chi connectivity index (χ2n) is 4.52. The van der Waals surface area contributed by atoms with Crippen molar-refractivity contribution in [2.75, 3.05) is 13.1 Å². The minimum atomic E-state index is -0.881. The SMILES string of the molecule is O=C(O)CCCNC(=O)NCCCc1ccc(Br)cc1F. The molecule has 0 radical (unpaired) electrons. The van der Waals surface area contributed by atoms with Crippen molar-refractivity contribution in [3.8, 4) is 0 Å². The van der Waals surface area contributed by atoms with Gasteiger partial charge in [-0.05, 0) is 37.0 Å². The number of hydrogen-bond donors (Lipinski definition) is 3. The molecule has 0 fully saturated rings. The predicted molar refractivity (Wildman–Crippen MR) is 80.7 cm³/mol. The van der Waals surface area contributed by atoms with Gasteiger partial charge in [-0.15, -0.1) is 0 Å². The van der Waals surface area contributed by atoms with E-state index >= 15 is 0 Å². The maximum absolute atomic E-state index is 13.5. The lowest BCUT2D eigenvalue weighted by Gasteiger charge is -2.07. The Morgan fingerprint density at radius 1 is 1.19 bits per heavy atom. The molecule has 21 heavy (non-hydrogen) atoms. The largest absolute Gasteiger partial charge is 0.481 e. The number of aliphatic carboxylic acids is 1. The monoisotopic (exact) mass is 360 g/mol. The van der Waals surface area contributed by atoms with Gasteiger partial charge >= 0.3 is 12.0 Å². The second kappa shape index (κ2) is 9.33. The Balaban J connectivity index is 2.13. The van der Waals surface area contributed by atoms with Crippen LogP contribution in [0.3, 0.4) is 0 Å². The molecule has 0 aliphatic rings. The number of carbonyl (C=O) groups excluding carboxylic acids is 1. The van der Waals surface area contributed by atoms with Crippen LogP contribution in [0.25, 0.3) is 0 Å². The minimum Gasteiger partial charge on any atom is -0.481 e. The van der Waals surface area contributed by atoms with Crippen LogP contribution in [0, 0.1) is 5.82 Å². The van der Waals surface area contributed by atoms with E-state index in [0.717, 1.165) is 0 Å². The summed E-state index contributed by atoms with van der Waals surface area (Å²) in [5.74, 6) is -1.14. The fourth-order valence-electron chi connectivity index (χ4n) is 1.71. The van der Waals surface area contributed by atoms with Crippen molar-refractivity contribution < 1.29 is 19.1 Å². The molecule has 1 aromatic rings. The average Bonchev–Trinajstić information content (AvgIpc) is 2.41. The highest BCUT2D eigenvalue weighted by Gasteiger charge is 2.04. The van der Waals surface area contributed by atoms with E-state index in [4.69, 9.17) is 5.11 Å². The van der Waals surface area contributed by atoms with Crippen LogP contribution in [0.5, 0.6) is 0 Å². The number of amides is 2. The van der Waals surface area contributed by atoms with E-state index in [1.54, 1.807) is 12.1 Å². The Bertz CT molecular complexity index is 497. The van der Waals surface area contributed by atoms with Crippen molar-refractivity contribution in [1.82, 2.24) is 10.6 Å². The van der Waals surface area contributed by atoms with E-state index in [2.05, 4.69) is 26.6 Å². The highest BCUT2D eigenvalue weighted by atomic mass is 79.9. The van der Waals surface area contributed by atoms with E-state index in [-0.39, 0.29) is 18.3 Å². The van der Waals surface area contributed by atoms with Gasteiger partial charge in [0.05, 0.1) is 0 Å². The Hall–Kier alpha value is -1.63. The van der Waals surface area contributed by atoms with Gasteiger partial charge in [0.2, 0.25) is 0 Å². The Labute approximate surface area is 131 Å². The summed E-state index contributed by atoms with van der Waals surface area (Å²) in [4.78, 5) is 21.6. The van der Waals surface area contributed by atoms with Crippen molar-refractivity contribution >= 4 is 27.9 Å². The number of benzene rings is 1. The fourth-order valence-corrected chi connectivity index (χ4v) is 2.04. The molecule has 0 heterocycles. The number of hydrogen-bond acceptors (Lipinski definition) is 2. The van der Waals surface area contributed by atoms with Gasteiger partial charge in [0.25, 0.3) is 0 Å². The molecule has 0 bridgehead atoms. The number of rotatable bonds is 8. The van der Waals surface area contributed by atoms with Gasteiger partial charge in [-0.25, -0.2) is 9.18 Å². The number of carboxylic acids is 1. The summed E-state index contributed by atoms with van der Waals surface area (Å²) in [6, 6.07) is 4.57. The van der Waals surface area contributed by atoms with Gasteiger partial charge in [-0.1, -0.05) is 22.0 Å². The molecule has 0 aliphatic heterocycles. The zero-order valence-corrected chi connectivity index (χ0v) is 13.1. The third-order valence-electron chi connectivity index (χ3n) is 2.78. The molecular weight excluding hydrogens is 343 g/mol. The number of urea groups is 1. The summed E-state index contributed by atoms with van der Waals surface area (Å²) < 4.78 is 14.2. The minimum absolute atomic E-state index is 0.0309. The summed E-state index contributed by atoms with van der Waals surface area (Å²) in [5, 5.41) is 13.6. The second-order valence-corrected chi connectivity index (χ2v) is 5.43. The molecule has 1 rings (SSSR count). The van der Waals surface area contributed by atoms with Crippen molar-refractivity contribution in [3.05, 3.63) is 34.1 Å². The Morgan fingerprint density at radius 3 is 2.48 bits per heavy atom. The molecule has 5 nitrogen and oxygen atoms in total. The van der Waals surface area contributed by atoms with Crippen LogP contribution in [0.2, 0.25) is 0 Å². The molecule has 7 heteroatoms. The lowest BCUT2D eigenvalue weighted by Crippen LogP contribution is -2.36. The van der Waals surface area contributed by atoms with Gasteiger partial charge in [-0.2, -0.15) is 0 Å². The standard InChI is InChI=1S/C14H18BrFN2O3/c15-11-6-5-10(12(16)9-11)3-1-7-17-14(21)18-8-2-4-13(19)20/h5-6,9H,1-4,7-8H2,(H,19,20)(H2,17,18,21). The third kappa shape index (κ3) is 7.65. The van der Waals surface area contributed by atoms with E-state index in [1.807, 2.05) is 0 Å². The summed E-state index contributed by atoms with van der Waals surface area (Å²) >= 11 is 3.19. The summed E-state index contributed by atoms with van der Waals surface area (Å²) in [7, 11) is 0. The first-order valence-electron chi connectivity index (χ1n) is 6.66. The zero-order chi connectivity index (χ0) is 15.7. The van der Waals surface area contributed by atoms with Gasteiger partial charge in [-0.3, -0.25) is 4.79 Å². The molecule has 3 N–H and O–H groups in total. The van der Waals surface area contributed by atoms with E-state index < -0.39 is 5.97 Å². The first-order valence-corrected chi connectivity index (χ1v) is 7.46. The fraction of sp³-hybridized carbons (Fsp3) is 0.429. The maximum Gasteiger partial charge on any atom is 0.314 e. The summed E-state index contributed by atoms with van der Waals surface area (Å²) in [6.07, 6.45) is 1.59. The molecule has 0 spiro atoms. The molecule has 2 amide bonds. The summed E-state index contributed by atoms with van der Waals surface area (Å²) in [6.45, 7) is 0.750. The van der Waals surface area contributed by atoms with Crippen molar-refractivity contribution in [1.29, 1.82) is 0 Å². The highest BCUT2D eigenvalue weighted by molar-refractivity contribution is 9.10. The Morgan fingerprint density at radius 2 is 1.86 bits per heavy atom. The molecule has 0 atom stereocenters.